The summed E-state index contributed by atoms with van der Waals surface area (Å²) in [6.07, 6.45) is 0. The molecular formula is C10H10ClFN2S. The monoisotopic (exact) mass is 244 g/mol. The molecule has 80 valence electrons. The van der Waals surface area contributed by atoms with Crippen molar-refractivity contribution in [2.75, 3.05) is 13.1 Å². The molecule has 0 bridgehead atoms. The van der Waals surface area contributed by atoms with Gasteiger partial charge in [0.2, 0.25) is 0 Å². The molecule has 1 heterocycles. The van der Waals surface area contributed by atoms with Crippen LogP contribution in [0.2, 0.25) is 5.02 Å². The van der Waals surface area contributed by atoms with Crippen LogP contribution >= 0.6 is 23.4 Å². The molecule has 0 radical (unpaired) electrons. The van der Waals surface area contributed by atoms with Crippen molar-refractivity contribution < 1.29 is 4.39 Å². The molecule has 0 aromatic heterocycles. The fraction of sp³-hybridized carbons (Fsp3) is 0.300. The molecule has 1 aromatic rings. The van der Waals surface area contributed by atoms with E-state index in [9.17, 15) is 4.39 Å². The predicted molar refractivity (Wildman–Crippen MR) is 63.0 cm³/mol. The van der Waals surface area contributed by atoms with Crippen molar-refractivity contribution >= 4 is 28.5 Å². The van der Waals surface area contributed by atoms with Gasteiger partial charge in [0.25, 0.3) is 0 Å². The maximum atomic E-state index is 13.4. The third kappa shape index (κ3) is 2.63. The van der Waals surface area contributed by atoms with Gasteiger partial charge in [0.05, 0.1) is 6.54 Å². The number of amidine groups is 1. The van der Waals surface area contributed by atoms with Gasteiger partial charge < -0.3 is 5.32 Å². The van der Waals surface area contributed by atoms with Crippen molar-refractivity contribution in [2.45, 2.75) is 5.75 Å². The minimum atomic E-state index is -0.256. The van der Waals surface area contributed by atoms with Crippen LogP contribution < -0.4 is 5.32 Å². The van der Waals surface area contributed by atoms with E-state index in [1.165, 1.54) is 17.8 Å². The van der Waals surface area contributed by atoms with Gasteiger partial charge in [-0.15, -0.1) is 0 Å². The molecule has 0 amide bonds. The molecule has 1 aliphatic rings. The summed E-state index contributed by atoms with van der Waals surface area (Å²) in [4.78, 5) is 4.21. The highest BCUT2D eigenvalue weighted by Gasteiger charge is 2.10. The highest BCUT2D eigenvalue weighted by molar-refractivity contribution is 8.13. The maximum absolute atomic E-state index is 13.4. The molecule has 5 heteroatoms. The third-order valence-electron chi connectivity index (χ3n) is 2.06. The predicted octanol–water partition coefficient (Wildman–Crippen LogP) is 2.67. The van der Waals surface area contributed by atoms with Crippen LogP contribution in [0.25, 0.3) is 0 Å². The fourth-order valence-corrected chi connectivity index (χ4v) is 2.55. The van der Waals surface area contributed by atoms with Crippen molar-refractivity contribution in [3.05, 3.63) is 34.6 Å². The van der Waals surface area contributed by atoms with Crippen LogP contribution in [0.15, 0.2) is 23.2 Å². The molecule has 0 fully saturated rings. The summed E-state index contributed by atoms with van der Waals surface area (Å²) in [5.41, 5.74) is 0.542. The number of rotatable bonds is 2. The Morgan fingerprint density at radius 2 is 2.40 bits per heavy atom. The van der Waals surface area contributed by atoms with Crippen LogP contribution in [0.1, 0.15) is 5.56 Å². The largest absolute Gasteiger partial charge is 0.363 e. The first-order chi connectivity index (χ1) is 7.27. The lowest BCUT2D eigenvalue weighted by Crippen LogP contribution is -2.15. The summed E-state index contributed by atoms with van der Waals surface area (Å²) in [5, 5.41) is 4.46. The molecule has 2 rings (SSSR count). The van der Waals surface area contributed by atoms with Crippen LogP contribution in [0.5, 0.6) is 0 Å². The molecule has 1 N–H and O–H groups in total. The Morgan fingerprint density at radius 3 is 3.07 bits per heavy atom. The zero-order valence-electron chi connectivity index (χ0n) is 7.96. The fourth-order valence-electron chi connectivity index (χ4n) is 1.28. The van der Waals surface area contributed by atoms with Gasteiger partial charge in [-0.25, -0.2) is 4.39 Å². The van der Waals surface area contributed by atoms with E-state index in [1.54, 1.807) is 12.1 Å². The van der Waals surface area contributed by atoms with Gasteiger partial charge >= 0.3 is 0 Å². The first kappa shape index (κ1) is 10.8. The van der Waals surface area contributed by atoms with Crippen LogP contribution in [0.4, 0.5) is 4.39 Å². The SMILES string of the molecule is Fc1cccc(Cl)c1CSC1=NCCN1. The minimum Gasteiger partial charge on any atom is -0.363 e. The van der Waals surface area contributed by atoms with Gasteiger partial charge in [-0.05, 0) is 12.1 Å². The quantitative estimate of drug-likeness (QED) is 0.865. The number of aliphatic imine (C=N–C) groups is 1. The van der Waals surface area contributed by atoms with Gasteiger partial charge in [0.15, 0.2) is 5.17 Å². The standard InChI is InChI=1S/C10H10ClFN2S/c11-8-2-1-3-9(12)7(8)6-15-10-13-4-5-14-10/h1-3H,4-6H2,(H,13,14). The molecule has 1 aromatic carbocycles. The molecule has 0 aliphatic carbocycles. The molecule has 0 spiro atoms. The molecule has 2 nitrogen and oxygen atoms in total. The van der Waals surface area contributed by atoms with E-state index in [-0.39, 0.29) is 5.82 Å². The van der Waals surface area contributed by atoms with Crippen molar-refractivity contribution in [3.8, 4) is 0 Å². The average molecular weight is 245 g/mol. The minimum absolute atomic E-state index is 0.256. The lowest BCUT2D eigenvalue weighted by atomic mass is 10.2. The van der Waals surface area contributed by atoms with E-state index in [4.69, 9.17) is 11.6 Å². The topological polar surface area (TPSA) is 24.4 Å². The Hall–Kier alpha value is -0.740. The van der Waals surface area contributed by atoms with E-state index in [1.807, 2.05) is 0 Å². The number of hydrogen-bond acceptors (Lipinski definition) is 3. The van der Waals surface area contributed by atoms with Crippen LogP contribution in [0, 0.1) is 5.82 Å². The van der Waals surface area contributed by atoms with Crippen LogP contribution in [-0.2, 0) is 5.75 Å². The Morgan fingerprint density at radius 1 is 1.53 bits per heavy atom. The maximum Gasteiger partial charge on any atom is 0.157 e. The third-order valence-corrected chi connectivity index (χ3v) is 3.39. The van der Waals surface area contributed by atoms with Crippen molar-refractivity contribution in [1.82, 2.24) is 5.32 Å². The molecular weight excluding hydrogens is 235 g/mol. The Kier molecular flexibility index (Phi) is 3.49. The molecule has 0 atom stereocenters. The van der Waals surface area contributed by atoms with Crippen molar-refractivity contribution in [2.24, 2.45) is 4.99 Å². The van der Waals surface area contributed by atoms with Crippen LogP contribution in [0.3, 0.4) is 0 Å². The second kappa shape index (κ2) is 4.86. The summed E-state index contributed by atoms with van der Waals surface area (Å²) >= 11 is 7.38. The van der Waals surface area contributed by atoms with E-state index >= 15 is 0 Å². The van der Waals surface area contributed by atoms with E-state index in [2.05, 4.69) is 10.3 Å². The second-order valence-electron chi connectivity index (χ2n) is 3.10. The number of nitrogens with one attached hydrogen (secondary N) is 1. The van der Waals surface area contributed by atoms with Crippen molar-refractivity contribution in [1.29, 1.82) is 0 Å². The van der Waals surface area contributed by atoms with E-state index in [0.717, 1.165) is 18.3 Å². The number of hydrogen-bond donors (Lipinski definition) is 1. The van der Waals surface area contributed by atoms with Gasteiger partial charge in [0, 0.05) is 22.9 Å². The summed E-state index contributed by atoms with van der Waals surface area (Å²) in [5.74, 6) is 0.255. The van der Waals surface area contributed by atoms with Gasteiger partial charge in [0.1, 0.15) is 5.82 Å². The highest BCUT2D eigenvalue weighted by atomic mass is 35.5. The smallest absolute Gasteiger partial charge is 0.157 e. The normalized spacial score (nSPS) is 14.9. The number of halogens is 2. The lowest BCUT2D eigenvalue weighted by molar-refractivity contribution is 0.617. The summed E-state index contributed by atoms with van der Waals surface area (Å²) < 4.78 is 13.4. The lowest BCUT2D eigenvalue weighted by Gasteiger charge is -2.05. The summed E-state index contributed by atoms with van der Waals surface area (Å²) in [6.45, 7) is 1.67. The summed E-state index contributed by atoms with van der Waals surface area (Å²) in [7, 11) is 0. The van der Waals surface area contributed by atoms with E-state index in [0.29, 0.717) is 16.3 Å². The molecule has 0 saturated heterocycles. The Labute approximate surface area is 96.9 Å². The summed E-state index contributed by atoms with van der Waals surface area (Å²) in [6, 6.07) is 4.73. The van der Waals surface area contributed by atoms with Crippen LogP contribution in [-0.4, -0.2) is 18.3 Å². The molecule has 0 saturated carbocycles. The first-order valence-electron chi connectivity index (χ1n) is 4.61. The highest BCUT2D eigenvalue weighted by Crippen LogP contribution is 2.24. The van der Waals surface area contributed by atoms with Gasteiger partial charge in [-0.3, -0.25) is 4.99 Å². The molecule has 15 heavy (non-hydrogen) atoms. The molecule has 1 aliphatic heterocycles. The average Bonchev–Trinajstić information content (AvgIpc) is 2.70. The Balaban J connectivity index is 2.04. The van der Waals surface area contributed by atoms with Gasteiger partial charge in [-0.1, -0.05) is 29.4 Å². The zero-order chi connectivity index (χ0) is 10.7. The number of benzene rings is 1. The van der Waals surface area contributed by atoms with E-state index < -0.39 is 0 Å². The Bertz CT molecular complexity index is 375. The number of thioether (sulfide) groups is 1. The zero-order valence-corrected chi connectivity index (χ0v) is 9.54. The first-order valence-corrected chi connectivity index (χ1v) is 5.98. The van der Waals surface area contributed by atoms with Crippen molar-refractivity contribution in [3.63, 3.8) is 0 Å². The molecule has 0 unspecified atom stereocenters. The second-order valence-corrected chi connectivity index (χ2v) is 4.47. The van der Waals surface area contributed by atoms with Gasteiger partial charge in [-0.2, -0.15) is 0 Å². The number of nitrogens with zero attached hydrogens (tertiary/aromatic N) is 1.